The Hall–Kier alpha value is -3.05. The average Bonchev–Trinajstić information content (AvgIpc) is 3.55. The zero-order chi connectivity index (χ0) is 19.7. The summed E-state index contributed by atoms with van der Waals surface area (Å²) in [5.74, 6) is -1.67. The van der Waals surface area contributed by atoms with Crippen LogP contribution in [-0.2, 0) is 4.74 Å². The minimum Gasteiger partial charge on any atom is -0.497 e. The number of hydrogen-bond donors (Lipinski definition) is 0. The lowest BCUT2D eigenvalue weighted by molar-refractivity contribution is 0.401. The zero-order valence-electron chi connectivity index (χ0n) is 15.1. The molecule has 0 bridgehead atoms. The van der Waals surface area contributed by atoms with Gasteiger partial charge >= 0.3 is 0 Å². The van der Waals surface area contributed by atoms with Gasteiger partial charge in [0.2, 0.25) is 0 Å². The molecule has 2 nitrogen and oxygen atoms in total. The van der Waals surface area contributed by atoms with E-state index in [0.717, 1.165) is 5.56 Å². The van der Waals surface area contributed by atoms with Crippen LogP contribution in [0, 0.1) is 17.5 Å². The molecular formula is C23H17F3O2. The predicted octanol–water partition coefficient (Wildman–Crippen LogP) is 6.02. The standard InChI is InChI=1S/C23H17F3O2/c1-27-17-9-8-16(20(24)12-17)7-4-14-2-5-15(6-3-14)18-10-11-19(21-13-28-21)23(26)22(18)25/h2-12,21H,13H2,1H3/b7-4+. The summed E-state index contributed by atoms with van der Waals surface area (Å²) in [5, 5.41) is 0. The summed E-state index contributed by atoms with van der Waals surface area (Å²) in [6.07, 6.45) is 3.06. The Balaban J connectivity index is 1.55. The quantitative estimate of drug-likeness (QED) is 0.397. The fourth-order valence-electron chi connectivity index (χ4n) is 2.99. The molecule has 0 spiro atoms. The van der Waals surface area contributed by atoms with E-state index in [1.165, 1.54) is 13.2 Å². The Morgan fingerprint density at radius 1 is 0.929 bits per heavy atom. The maximum atomic E-state index is 14.4. The Labute approximate surface area is 160 Å². The topological polar surface area (TPSA) is 21.8 Å². The van der Waals surface area contributed by atoms with E-state index in [1.54, 1.807) is 60.7 Å². The molecule has 3 aromatic carbocycles. The highest BCUT2D eigenvalue weighted by molar-refractivity contribution is 5.72. The first-order chi connectivity index (χ1) is 13.6. The van der Waals surface area contributed by atoms with Crippen molar-refractivity contribution < 1.29 is 22.6 Å². The molecule has 1 heterocycles. The van der Waals surface area contributed by atoms with E-state index >= 15 is 0 Å². The Morgan fingerprint density at radius 3 is 2.32 bits per heavy atom. The van der Waals surface area contributed by atoms with Gasteiger partial charge in [-0.05, 0) is 23.3 Å². The second-order valence-electron chi connectivity index (χ2n) is 6.50. The van der Waals surface area contributed by atoms with Crippen molar-refractivity contribution >= 4 is 12.2 Å². The van der Waals surface area contributed by atoms with Crippen molar-refractivity contribution in [3.8, 4) is 16.9 Å². The number of benzene rings is 3. The number of ether oxygens (including phenoxy) is 2. The van der Waals surface area contributed by atoms with Crippen LogP contribution in [0.4, 0.5) is 13.2 Å². The molecule has 1 aliphatic heterocycles. The van der Waals surface area contributed by atoms with Crippen molar-refractivity contribution in [3.63, 3.8) is 0 Å². The van der Waals surface area contributed by atoms with E-state index in [1.807, 2.05) is 0 Å². The smallest absolute Gasteiger partial charge is 0.167 e. The monoisotopic (exact) mass is 382 g/mol. The van der Waals surface area contributed by atoms with Gasteiger partial charge in [-0.1, -0.05) is 48.6 Å². The summed E-state index contributed by atoms with van der Waals surface area (Å²) in [4.78, 5) is 0. The fraction of sp³-hybridized carbons (Fsp3) is 0.130. The molecule has 1 saturated heterocycles. The van der Waals surface area contributed by atoms with Crippen LogP contribution >= 0.6 is 0 Å². The summed E-state index contributed by atoms with van der Waals surface area (Å²) in [6, 6.07) is 14.7. The van der Waals surface area contributed by atoms with Crippen LogP contribution in [0.5, 0.6) is 5.75 Å². The molecule has 0 radical (unpaired) electrons. The molecule has 1 aliphatic rings. The first kappa shape index (κ1) is 18.3. The largest absolute Gasteiger partial charge is 0.497 e. The highest BCUT2D eigenvalue weighted by Gasteiger charge is 2.30. The van der Waals surface area contributed by atoms with E-state index in [9.17, 15) is 13.2 Å². The van der Waals surface area contributed by atoms with Gasteiger partial charge in [-0.25, -0.2) is 13.2 Å². The molecule has 0 N–H and O–H groups in total. The van der Waals surface area contributed by atoms with Crippen molar-refractivity contribution in [3.05, 3.63) is 88.7 Å². The summed E-state index contributed by atoms with van der Waals surface area (Å²) in [7, 11) is 1.48. The molecule has 142 valence electrons. The molecule has 28 heavy (non-hydrogen) atoms. The molecule has 0 aromatic heterocycles. The number of halogens is 3. The van der Waals surface area contributed by atoms with Gasteiger partial charge in [0.05, 0.1) is 13.7 Å². The second-order valence-corrected chi connectivity index (χ2v) is 6.50. The van der Waals surface area contributed by atoms with Crippen LogP contribution < -0.4 is 4.74 Å². The Morgan fingerprint density at radius 2 is 1.68 bits per heavy atom. The van der Waals surface area contributed by atoms with Crippen LogP contribution in [0.15, 0.2) is 54.6 Å². The van der Waals surface area contributed by atoms with E-state index in [0.29, 0.717) is 23.5 Å². The normalized spacial score (nSPS) is 15.8. The van der Waals surface area contributed by atoms with Gasteiger partial charge < -0.3 is 9.47 Å². The predicted molar refractivity (Wildman–Crippen MR) is 102 cm³/mol. The van der Waals surface area contributed by atoms with Gasteiger partial charge in [0, 0.05) is 22.8 Å². The minimum absolute atomic E-state index is 0.193. The van der Waals surface area contributed by atoms with Crippen molar-refractivity contribution in [2.45, 2.75) is 6.10 Å². The number of hydrogen-bond acceptors (Lipinski definition) is 2. The molecule has 0 aliphatic carbocycles. The van der Waals surface area contributed by atoms with Gasteiger partial charge in [-0.3, -0.25) is 0 Å². The van der Waals surface area contributed by atoms with Crippen LogP contribution in [0.2, 0.25) is 0 Å². The first-order valence-electron chi connectivity index (χ1n) is 8.78. The molecule has 5 heteroatoms. The summed E-state index contributed by atoms with van der Waals surface area (Å²) in [6.45, 7) is 0.422. The van der Waals surface area contributed by atoms with Crippen LogP contribution in [-0.4, -0.2) is 13.7 Å². The van der Waals surface area contributed by atoms with E-state index in [-0.39, 0.29) is 23.0 Å². The molecule has 1 atom stereocenters. The van der Waals surface area contributed by atoms with Crippen LogP contribution in [0.1, 0.15) is 22.8 Å². The number of methoxy groups -OCH3 is 1. The number of epoxide rings is 1. The van der Waals surface area contributed by atoms with Crippen molar-refractivity contribution in [1.82, 2.24) is 0 Å². The number of rotatable bonds is 5. The fourth-order valence-corrected chi connectivity index (χ4v) is 2.99. The van der Waals surface area contributed by atoms with Crippen molar-refractivity contribution in [2.75, 3.05) is 13.7 Å². The average molecular weight is 382 g/mol. The van der Waals surface area contributed by atoms with Crippen LogP contribution in [0.25, 0.3) is 23.3 Å². The van der Waals surface area contributed by atoms with E-state index < -0.39 is 11.6 Å². The Bertz CT molecular complexity index is 1040. The maximum absolute atomic E-state index is 14.4. The highest BCUT2D eigenvalue weighted by Crippen LogP contribution is 2.35. The van der Waals surface area contributed by atoms with Crippen LogP contribution in [0.3, 0.4) is 0 Å². The lowest BCUT2D eigenvalue weighted by Crippen LogP contribution is -1.96. The Kier molecular flexibility index (Phi) is 4.92. The van der Waals surface area contributed by atoms with E-state index in [2.05, 4.69) is 0 Å². The summed E-state index contributed by atoms with van der Waals surface area (Å²) < 4.78 is 52.6. The SMILES string of the molecule is COc1ccc(/C=C/c2ccc(-c3ccc(C4CO4)c(F)c3F)cc2)c(F)c1. The third-order valence-corrected chi connectivity index (χ3v) is 4.68. The second kappa shape index (κ2) is 7.52. The molecule has 1 fully saturated rings. The minimum atomic E-state index is -0.878. The molecule has 0 amide bonds. The third kappa shape index (κ3) is 3.66. The van der Waals surface area contributed by atoms with Gasteiger partial charge in [-0.15, -0.1) is 0 Å². The van der Waals surface area contributed by atoms with Gasteiger partial charge in [0.15, 0.2) is 11.6 Å². The molecule has 4 rings (SSSR count). The first-order valence-corrected chi connectivity index (χ1v) is 8.78. The van der Waals surface area contributed by atoms with Gasteiger partial charge in [0.1, 0.15) is 17.7 Å². The van der Waals surface area contributed by atoms with Gasteiger partial charge in [-0.2, -0.15) is 0 Å². The summed E-state index contributed by atoms with van der Waals surface area (Å²) in [5.41, 5.74) is 2.24. The molecule has 0 saturated carbocycles. The van der Waals surface area contributed by atoms with E-state index in [4.69, 9.17) is 9.47 Å². The molecule has 1 unspecified atom stereocenters. The molecule has 3 aromatic rings. The van der Waals surface area contributed by atoms with Crippen molar-refractivity contribution in [1.29, 1.82) is 0 Å². The summed E-state index contributed by atoms with van der Waals surface area (Å²) >= 11 is 0. The highest BCUT2D eigenvalue weighted by atomic mass is 19.2. The maximum Gasteiger partial charge on any atom is 0.167 e. The van der Waals surface area contributed by atoms with Gasteiger partial charge in [0.25, 0.3) is 0 Å². The van der Waals surface area contributed by atoms with Crippen molar-refractivity contribution in [2.24, 2.45) is 0 Å². The lowest BCUT2D eigenvalue weighted by atomic mass is 10.00. The zero-order valence-corrected chi connectivity index (χ0v) is 15.1. The molecular weight excluding hydrogens is 365 g/mol. The third-order valence-electron chi connectivity index (χ3n) is 4.68. The lowest BCUT2D eigenvalue weighted by Gasteiger charge is -2.08.